The van der Waals surface area contributed by atoms with Crippen LogP contribution in [0.3, 0.4) is 0 Å². The van der Waals surface area contributed by atoms with Crippen LogP contribution < -0.4 is 10.5 Å². The number of fused-ring (bicyclic) bond motifs is 1. The number of nitrogen functional groups attached to an aromatic ring is 1. The molecule has 0 fully saturated rings. The Morgan fingerprint density at radius 2 is 2.14 bits per heavy atom. The van der Waals surface area contributed by atoms with Crippen molar-refractivity contribution in [3.63, 3.8) is 0 Å². The van der Waals surface area contributed by atoms with Crippen molar-refractivity contribution in [2.24, 2.45) is 7.05 Å². The number of hydrogen-bond donors (Lipinski definition) is 1. The van der Waals surface area contributed by atoms with Gasteiger partial charge in [-0.2, -0.15) is 0 Å². The van der Waals surface area contributed by atoms with Crippen LogP contribution in [0.15, 0.2) is 18.5 Å². The Bertz CT molecular complexity index is 808. The first-order valence-electron chi connectivity index (χ1n) is 6.37. The fourth-order valence-corrected chi connectivity index (χ4v) is 2.46. The van der Waals surface area contributed by atoms with E-state index in [1.165, 1.54) is 13.2 Å². The predicted molar refractivity (Wildman–Crippen MR) is 75.5 cm³/mol. The summed E-state index contributed by atoms with van der Waals surface area (Å²) in [7, 11) is 3.27. The Hall–Kier alpha value is -2.64. The summed E-state index contributed by atoms with van der Waals surface area (Å²) in [5.41, 5.74) is 7.14. The van der Waals surface area contributed by atoms with E-state index in [0.29, 0.717) is 11.0 Å². The van der Waals surface area contributed by atoms with Gasteiger partial charge in [-0.05, 0) is 6.92 Å². The summed E-state index contributed by atoms with van der Waals surface area (Å²) in [6.07, 6.45) is 1.61. The largest absolute Gasteiger partial charge is 0.494 e. The van der Waals surface area contributed by atoms with Crippen molar-refractivity contribution in [3.8, 4) is 5.75 Å². The second-order valence-corrected chi connectivity index (χ2v) is 4.79. The lowest BCUT2D eigenvalue weighted by molar-refractivity contribution is 0.387. The van der Waals surface area contributed by atoms with Crippen molar-refractivity contribution in [3.05, 3.63) is 30.1 Å². The van der Waals surface area contributed by atoms with Crippen LogP contribution in [0.2, 0.25) is 0 Å². The SMILES string of the molecule is COc1cc2c(cc1F)nc(N)n2C(C)c1nncn1C. The van der Waals surface area contributed by atoms with Gasteiger partial charge in [0.05, 0.1) is 24.2 Å². The van der Waals surface area contributed by atoms with Gasteiger partial charge in [-0.3, -0.25) is 4.57 Å². The molecular weight excluding hydrogens is 275 g/mol. The smallest absolute Gasteiger partial charge is 0.201 e. The third-order valence-electron chi connectivity index (χ3n) is 3.50. The van der Waals surface area contributed by atoms with Gasteiger partial charge < -0.3 is 15.0 Å². The van der Waals surface area contributed by atoms with Crippen molar-refractivity contribution in [1.29, 1.82) is 0 Å². The zero-order valence-corrected chi connectivity index (χ0v) is 11.9. The molecular formula is C13H15FN6O. The molecule has 7 nitrogen and oxygen atoms in total. The molecule has 3 aromatic rings. The molecule has 0 saturated heterocycles. The number of hydrogen-bond acceptors (Lipinski definition) is 5. The van der Waals surface area contributed by atoms with Crippen LogP contribution in [0.25, 0.3) is 11.0 Å². The molecule has 21 heavy (non-hydrogen) atoms. The molecule has 8 heteroatoms. The molecule has 3 rings (SSSR count). The van der Waals surface area contributed by atoms with E-state index in [0.717, 1.165) is 5.82 Å². The lowest BCUT2D eigenvalue weighted by atomic mass is 10.2. The number of benzene rings is 1. The van der Waals surface area contributed by atoms with Crippen molar-refractivity contribution in [2.75, 3.05) is 12.8 Å². The average molecular weight is 290 g/mol. The van der Waals surface area contributed by atoms with Gasteiger partial charge >= 0.3 is 0 Å². The fraction of sp³-hybridized carbons (Fsp3) is 0.308. The highest BCUT2D eigenvalue weighted by Gasteiger charge is 2.21. The molecule has 0 saturated carbocycles. The highest BCUT2D eigenvalue weighted by molar-refractivity contribution is 5.80. The second kappa shape index (κ2) is 4.72. The number of nitrogens with zero attached hydrogens (tertiary/aromatic N) is 5. The Morgan fingerprint density at radius 3 is 2.76 bits per heavy atom. The number of rotatable bonds is 3. The van der Waals surface area contributed by atoms with E-state index >= 15 is 0 Å². The second-order valence-electron chi connectivity index (χ2n) is 4.79. The Labute approximate surface area is 120 Å². The van der Waals surface area contributed by atoms with E-state index in [1.54, 1.807) is 21.5 Å². The third kappa shape index (κ3) is 1.99. The molecule has 0 aliphatic rings. The van der Waals surface area contributed by atoms with Crippen LogP contribution in [-0.2, 0) is 7.05 Å². The number of halogens is 1. The van der Waals surface area contributed by atoms with E-state index in [9.17, 15) is 4.39 Å². The zero-order chi connectivity index (χ0) is 15.1. The van der Waals surface area contributed by atoms with E-state index in [1.807, 2.05) is 14.0 Å². The molecule has 2 aromatic heterocycles. The first kappa shape index (κ1) is 13.3. The number of imidazole rings is 1. The molecule has 2 heterocycles. The standard InChI is InChI=1S/C13H15FN6O/c1-7(12-18-16-6-19(12)2)20-10-5-11(21-3)8(14)4-9(10)17-13(20)15/h4-7H,1-3H3,(H2,15,17). The average Bonchev–Trinajstić information content (AvgIpc) is 2.99. The van der Waals surface area contributed by atoms with Gasteiger partial charge in [0.1, 0.15) is 6.33 Å². The van der Waals surface area contributed by atoms with Crippen LogP contribution in [-0.4, -0.2) is 31.4 Å². The van der Waals surface area contributed by atoms with Crippen LogP contribution in [0.5, 0.6) is 5.75 Å². The predicted octanol–water partition coefficient (Wildman–Crippen LogP) is 1.50. The molecule has 110 valence electrons. The van der Waals surface area contributed by atoms with Gasteiger partial charge in [0, 0.05) is 19.2 Å². The highest BCUT2D eigenvalue weighted by atomic mass is 19.1. The van der Waals surface area contributed by atoms with Gasteiger partial charge in [0.2, 0.25) is 5.95 Å². The van der Waals surface area contributed by atoms with Crippen molar-refractivity contribution < 1.29 is 9.13 Å². The van der Waals surface area contributed by atoms with Crippen molar-refractivity contribution in [2.45, 2.75) is 13.0 Å². The monoisotopic (exact) mass is 290 g/mol. The van der Waals surface area contributed by atoms with E-state index in [2.05, 4.69) is 15.2 Å². The minimum Gasteiger partial charge on any atom is -0.494 e. The normalized spacial score (nSPS) is 12.8. The number of aryl methyl sites for hydroxylation is 1. The van der Waals surface area contributed by atoms with Crippen LogP contribution in [0.1, 0.15) is 18.8 Å². The molecule has 1 unspecified atom stereocenters. The van der Waals surface area contributed by atoms with Gasteiger partial charge in [-0.15, -0.1) is 10.2 Å². The summed E-state index contributed by atoms with van der Waals surface area (Å²) in [6, 6.07) is 2.70. The van der Waals surface area contributed by atoms with Gasteiger partial charge in [0.25, 0.3) is 0 Å². The number of ether oxygens (including phenoxy) is 1. The van der Waals surface area contributed by atoms with E-state index in [4.69, 9.17) is 10.5 Å². The summed E-state index contributed by atoms with van der Waals surface area (Å²) in [6.45, 7) is 1.93. The molecule has 1 aromatic carbocycles. The van der Waals surface area contributed by atoms with Gasteiger partial charge in [0.15, 0.2) is 17.4 Å². The first-order chi connectivity index (χ1) is 10.0. The third-order valence-corrected chi connectivity index (χ3v) is 3.50. The van der Waals surface area contributed by atoms with Crippen LogP contribution in [0, 0.1) is 5.82 Å². The minimum absolute atomic E-state index is 0.147. The van der Waals surface area contributed by atoms with Crippen molar-refractivity contribution in [1.82, 2.24) is 24.3 Å². The first-order valence-corrected chi connectivity index (χ1v) is 6.37. The molecule has 0 bridgehead atoms. The van der Waals surface area contributed by atoms with Gasteiger partial charge in [-0.1, -0.05) is 0 Å². The quantitative estimate of drug-likeness (QED) is 0.790. The highest BCUT2D eigenvalue weighted by Crippen LogP contribution is 2.30. The molecule has 2 N–H and O–H groups in total. The summed E-state index contributed by atoms with van der Waals surface area (Å²) in [5, 5.41) is 7.95. The maximum Gasteiger partial charge on any atom is 0.201 e. The zero-order valence-electron chi connectivity index (χ0n) is 11.9. The maximum atomic E-state index is 13.8. The molecule has 0 aliphatic carbocycles. The summed E-state index contributed by atoms with van der Waals surface area (Å²) < 4.78 is 22.4. The molecule has 0 amide bonds. The number of anilines is 1. The molecule has 0 radical (unpaired) electrons. The fourth-order valence-electron chi connectivity index (χ4n) is 2.46. The number of nitrogens with two attached hydrogens (primary N) is 1. The minimum atomic E-state index is -0.471. The molecule has 0 aliphatic heterocycles. The lowest BCUT2D eigenvalue weighted by Gasteiger charge is -2.15. The summed E-state index contributed by atoms with van der Waals surface area (Å²) in [4.78, 5) is 4.20. The maximum absolute atomic E-state index is 13.8. The molecule has 1 atom stereocenters. The Morgan fingerprint density at radius 1 is 1.38 bits per heavy atom. The number of aromatic nitrogens is 5. The summed E-state index contributed by atoms with van der Waals surface area (Å²) in [5.74, 6) is 0.687. The Balaban J connectivity index is 2.22. The number of methoxy groups -OCH3 is 1. The summed E-state index contributed by atoms with van der Waals surface area (Å²) >= 11 is 0. The van der Waals surface area contributed by atoms with E-state index in [-0.39, 0.29) is 17.7 Å². The van der Waals surface area contributed by atoms with Crippen molar-refractivity contribution >= 4 is 17.0 Å². The van der Waals surface area contributed by atoms with Crippen LogP contribution >= 0.6 is 0 Å². The Kier molecular flexibility index (Phi) is 3.00. The topological polar surface area (TPSA) is 83.8 Å². The van der Waals surface area contributed by atoms with E-state index < -0.39 is 5.82 Å². The van der Waals surface area contributed by atoms with Gasteiger partial charge in [-0.25, -0.2) is 9.37 Å². The lowest BCUT2D eigenvalue weighted by Crippen LogP contribution is -2.14. The molecule has 0 spiro atoms. The van der Waals surface area contributed by atoms with Crippen LogP contribution in [0.4, 0.5) is 10.3 Å².